The van der Waals surface area contributed by atoms with Crippen LogP contribution < -0.4 is 0 Å². The van der Waals surface area contributed by atoms with Crippen molar-refractivity contribution in [2.45, 2.75) is 55.0 Å². The molecular weight excluding hydrogens is 530 g/mol. The molecule has 10 nitrogen and oxygen atoms in total. The number of hydrogen-bond donors (Lipinski definition) is 2. The quantitative estimate of drug-likeness (QED) is 0.454. The largest absolute Gasteiger partial charge is 0.455 e. The maximum Gasteiger partial charge on any atom is 0.338 e. The molecule has 1 aliphatic heterocycles. The smallest absolute Gasteiger partial charge is 0.338 e. The van der Waals surface area contributed by atoms with Crippen LogP contribution in [-0.2, 0) is 28.5 Å². The first-order valence-electron chi connectivity index (χ1n) is 14.6. The maximum atomic E-state index is 14.4. The normalized spacial score (nSPS) is 51.1. The van der Waals surface area contributed by atoms with Gasteiger partial charge in [-0.3, -0.25) is 4.79 Å². The summed E-state index contributed by atoms with van der Waals surface area (Å²) in [4.78, 5) is 30.1. The van der Waals surface area contributed by atoms with Gasteiger partial charge in [-0.15, -0.1) is 0 Å². The number of ether oxygens (including phenoxy) is 5. The molecule has 7 rings (SSSR count). The highest BCUT2D eigenvalue weighted by Gasteiger charge is 2.87. The molecule has 5 saturated carbocycles. The number of carbonyl (C=O) groups is 2. The Morgan fingerprint density at radius 1 is 1.07 bits per heavy atom. The summed E-state index contributed by atoms with van der Waals surface area (Å²) in [5, 5.41) is 24.2. The third-order valence-electron chi connectivity index (χ3n) is 12.2. The molecule has 1 heterocycles. The van der Waals surface area contributed by atoms with Gasteiger partial charge in [0.1, 0.15) is 17.8 Å². The minimum Gasteiger partial charge on any atom is -0.455 e. The number of nitrogens with zero attached hydrogens (tertiary/aromatic N) is 1. The molecule has 224 valence electrons. The standard InChI is InChI=1S/C31H41NO9/c1-32-13-29(14-37-2)17(33)11-18(38-3)31-16-12-30(36)26(41-28(35)15-9-7-6-8-10-15)19(16)20(22(34)27(30)40-5)21(25(31)32)23(39-4)24(29)31/h6-10,16-21,23-27,33,36H,11-14H2,1-5H3/t16?,17-,18+,19+,20+,21?,23+,24-,25?,26-,27-,29+,30?,31?/m1/s1. The lowest BCUT2D eigenvalue weighted by Crippen LogP contribution is -2.76. The molecule has 7 bridgehead atoms. The Morgan fingerprint density at radius 2 is 1.80 bits per heavy atom. The Kier molecular flexibility index (Phi) is 6.32. The van der Waals surface area contributed by atoms with Crippen molar-refractivity contribution in [3.05, 3.63) is 35.9 Å². The van der Waals surface area contributed by atoms with Gasteiger partial charge >= 0.3 is 5.97 Å². The van der Waals surface area contributed by atoms with Crippen LogP contribution in [0.15, 0.2) is 30.3 Å². The van der Waals surface area contributed by atoms with Crippen LogP contribution in [0.5, 0.6) is 0 Å². The SMILES string of the molecule is COC[C@@]12CN(C)C3C4[C@H]5C(=O)[C@@H](OC)C6(O)CC([C@@H]5[C@H]6OC(=O)c5ccccc5)C3([C@@H](OC)C[C@H]1O)[C@@H]2[C@H]4OC. The van der Waals surface area contributed by atoms with Crippen molar-refractivity contribution in [3.8, 4) is 0 Å². The van der Waals surface area contributed by atoms with Crippen LogP contribution in [0.4, 0.5) is 0 Å². The highest BCUT2D eigenvalue weighted by atomic mass is 16.6. The molecule has 0 aromatic heterocycles. The molecule has 1 saturated heterocycles. The number of ketones is 1. The average Bonchev–Trinajstić information content (AvgIpc) is 3.32. The van der Waals surface area contributed by atoms with E-state index in [4.69, 9.17) is 23.7 Å². The summed E-state index contributed by atoms with van der Waals surface area (Å²) < 4.78 is 30.5. The van der Waals surface area contributed by atoms with Crippen LogP contribution in [0.2, 0.25) is 0 Å². The first-order chi connectivity index (χ1) is 19.7. The van der Waals surface area contributed by atoms with Gasteiger partial charge in [-0.2, -0.15) is 0 Å². The maximum absolute atomic E-state index is 14.4. The van der Waals surface area contributed by atoms with Gasteiger partial charge in [-0.25, -0.2) is 4.79 Å². The van der Waals surface area contributed by atoms with Gasteiger partial charge < -0.3 is 38.8 Å². The van der Waals surface area contributed by atoms with Gasteiger partial charge in [0.25, 0.3) is 0 Å². The highest BCUT2D eigenvalue weighted by Crippen LogP contribution is 2.78. The highest BCUT2D eigenvalue weighted by molar-refractivity contribution is 5.92. The summed E-state index contributed by atoms with van der Waals surface area (Å²) >= 11 is 0. The fourth-order valence-corrected chi connectivity index (χ4v) is 11.6. The van der Waals surface area contributed by atoms with Crippen molar-refractivity contribution in [2.24, 2.45) is 40.4 Å². The number of hydrogen-bond acceptors (Lipinski definition) is 10. The van der Waals surface area contributed by atoms with Crippen LogP contribution >= 0.6 is 0 Å². The molecule has 1 aromatic carbocycles. The minimum atomic E-state index is -1.70. The van der Waals surface area contributed by atoms with Crippen molar-refractivity contribution in [2.75, 3.05) is 48.6 Å². The van der Waals surface area contributed by atoms with E-state index in [0.717, 1.165) is 0 Å². The van der Waals surface area contributed by atoms with E-state index in [9.17, 15) is 19.8 Å². The number of fused-ring (bicyclic) bond motifs is 2. The Morgan fingerprint density at radius 3 is 2.44 bits per heavy atom. The first-order valence-corrected chi connectivity index (χ1v) is 14.6. The number of Topliss-reactive ketones (excluding diaryl/α,β-unsaturated/α-hetero) is 1. The topological polar surface area (TPSA) is 124 Å². The Balaban J connectivity index is 1.44. The van der Waals surface area contributed by atoms with Crippen molar-refractivity contribution in [3.63, 3.8) is 0 Å². The second-order valence-corrected chi connectivity index (χ2v) is 13.4. The lowest BCUT2D eigenvalue weighted by atomic mass is 9.43. The summed E-state index contributed by atoms with van der Waals surface area (Å²) in [6, 6.07) is 8.62. The van der Waals surface area contributed by atoms with E-state index in [1.165, 1.54) is 7.11 Å². The predicted octanol–water partition coefficient (Wildman–Crippen LogP) is 0.781. The van der Waals surface area contributed by atoms with Crippen molar-refractivity contribution >= 4 is 11.8 Å². The molecule has 1 spiro atoms. The predicted molar refractivity (Wildman–Crippen MR) is 144 cm³/mol. The number of benzene rings is 1. The van der Waals surface area contributed by atoms with Gasteiger partial charge in [0.05, 0.1) is 30.5 Å². The van der Waals surface area contributed by atoms with Crippen LogP contribution in [-0.4, -0.2) is 118 Å². The first kappa shape index (κ1) is 27.9. The molecule has 5 unspecified atom stereocenters. The Labute approximate surface area is 240 Å². The molecule has 0 radical (unpaired) electrons. The van der Waals surface area contributed by atoms with Crippen LogP contribution in [0, 0.1) is 40.4 Å². The number of aliphatic hydroxyl groups excluding tert-OH is 1. The minimum absolute atomic E-state index is 0.0986. The van der Waals surface area contributed by atoms with Crippen molar-refractivity contribution in [1.82, 2.24) is 4.90 Å². The number of likely N-dealkylation sites (tertiary alicyclic amines) is 1. The zero-order chi connectivity index (χ0) is 29.1. The van der Waals surface area contributed by atoms with E-state index in [1.54, 1.807) is 45.6 Å². The number of carbonyl (C=O) groups excluding carboxylic acids is 2. The summed E-state index contributed by atoms with van der Waals surface area (Å²) in [6.45, 7) is 0.919. The summed E-state index contributed by atoms with van der Waals surface area (Å²) in [5.74, 6) is -2.44. The molecule has 0 amide bonds. The van der Waals surface area contributed by atoms with Crippen LogP contribution in [0.1, 0.15) is 23.2 Å². The van der Waals surface area contributed by atoms with Gasteiger partial charge in [0.2, 0.25) is 0 Å². The van der Waals surface area contributed by atoms with E-state index in [0.29, 0.717) is 25.1 Å². The monoisotopic (exact) mass is 571 g/mol. The lowest BCUT2D eigenvalue weighted by Gasteiger charge is -2.68. The number of methoxy groups -OCH3 is 4. The molecule has 10 heteroatoms. The number of aliphatic hydroxyl groups is 2. The third-order valence-corrected chi connectivity index (χ3v) is 12.2. The van der Waals surface area contributed by atoms with Gasteiger partial charge in [0.15, 0.2) is 5.78 Å². The number of esters is 1. The number of rotatable bonds is 7. The molecular formula is C31H41NO9. The second-order valence-electron chi connectivity index (χ2n) is 13.4. The van der Waals surface area contributed by atoms with E-state index < -0.39 is 52.5 Å². The fraction of sp³-hybridized carbons (Fsp3) is 0.742. The van der Waals surface area contributed by atoms with Gasteiger partial charge in [-0.05, 0) is 31.5 Å². The molecule has 1 aromatic rings. The average molecular weight is 572 g/mol. The molecule has 14 atom stereocenters. The second kappa shape index (κ2) is 9.29. The van der Waals surface area contributed by atoms with E-state index in [1.807, 2.05) is 6.07 Å². The molecule has 2 N–H and O–H groups in total. The van der Waals surface area contributed by atoms with Gasteiger partial charge in [-0.1, -0.05) is 18.2 Å². The lowest BCUT2D eigenvalue weighted by molar-refractivity contribution is -0.277. The molecule has 6 fully saturated rings. The van der Waals surface area contributed by atoms with E-state index in [2.05, 4.69) is 11.9 Å². The Hall–Kier alpha value is -1.92. The molecule has 6 aliphatic rings. The van der Waals surface area contributed by atoms with E-state index in [-0.39, 0.29) is 48.2 Å². The van der Waals surface area contributed by atoms with Gasteiger partial charge in [0, 0.05) is 81.9 Å². The molecule has 5 aliphatic carbocycles. The summed E-state index contributed by atoms with van der Waals surface area (Å²) in [6.07, 6.45) is -2.91. The Bertz CT molecular complexity index is 1230. The van der Waals surface area contributed by atoms with Crippen LogP contribution in [0.3, 0.4) is 0 Å². The fourth-order valence-electron chi connectivity index (χ4n) is 11.6. The summed E-state index contributed by atoms with van der Waals surface area (Å²) in [7, 11) is 8.50. The summed E-state index contributed by atoms with van der Waals surface area (Å²) in [5.41, 5.74) is -2.57. The third kappa shape index (κ3) is 3.12. The zero-order valence-corrected chi connectivity index (χ0v) is 24.3. The van der Waals surface area contributed by atoms with Crippen LogP contribution in [0.25, 0.3) is 0 Å². The van der Waals surface area contributed by atoms with E-state index >= 15 is 0 Å². The van der Waals surface area contributed by atoms with Crippen molar-refractivity contribution < 1.29 is 43.5 Å². The van der Waals surface area contributed by atoms with Crippen molar-refractivity contribution in [1.29, 1.82) is 0 Å². The molecule has 41 heavy (non-hydrogen) atoms. The number of piperidine rings is 1. The zero-order valence-electron chi connectivity index (χ0n) is 24.3.